The largest absolute Gasteiger partial charge is 0.486 e. The monoisotopic (exact) mass is 422 g/mol. The summed E-state index contributed by atoms with van der Waals surface area (Å²) in [5.74, 6) is 1.26. The Kier molecular flexibility index (Phi) is 6.82. The number of sulfonamides is 1. The summed E-state index contributed by atoms with van der Waals surface area (Å²) in [5, 5.41) is 2.75. The summed E-state index contributed by atoms with van der Waals surface area (Å²) in [7, 11) is -2.43. The van der Waals surface area contributed by atoms with E-state index in [1.54, 1.807) is 17.8 Å². The first kappa shape index (κ1) is 20.5. The Hall–Kier alpha value is -2.23. The number of rotatable bonds is 8. The maximum absolute atomic E-state index is 12.7. The highest BCUT2D eigenvalue weighted by atomic mass is 32.2. The third kappa shape index (κ3) is 5.18. The first-order valence-corrected chi connectivity index (χ1v) is 11.2. The number of thioether (sulfide) groups is 1. The Balaban J connectivity index is 1.51. The molecule has 9 heteroatoms. The van der Waals surface area contributed by atoms with Crippen molar-refractivity contribution in [3.8, 4) is 11.5 Å². The first-order valence-electron chi connectivity index (χ1n) is 8.77. The van der Waals surface area contributed by atoms with Gasteiger partial charge in [-0.3, -0.25) is 4.79 Å². The Morgan fingerprint density at radius 3 is 2.57 bits per heavy atom. The molecule has 0 atom stereocenters. The van der Waals surface area contributed by atoms with Crippen molar-refractivity contribution in [2.75, 3.05) is 39.1 Å². The summed E-state index contributed by atoms with van der Waals surface area (Å²) < 4.78 is 37.3. The summed E-state index contributed by atoms with van der Waals surface area (Å²) >= 11 is 1.62. The minimum absolute atomic E-state index is 0.0617. The molecule has 0 saturated carbocycles. The summed E-state index contributed by atoms with van der Waals surface area (Å²) in [6.45, 7) is 1.00. The number of nitrogens with one attached hydrogen (secondary N) is 1. The topological polar surface area (TPSA) is 84.9 Å². The van der Waals surface area contributed by atoms with E-state index in [-0.39, 0.29) is 17.3 Å². The Morgan fingerprint density at radius 1 is 1.11 bits per heavy atom. The number of benzene rings is 2. The molecular weight excluding hydrogens is 400 g/mol. The Morgan fingerprint density at radius 2 is 1.82 bits per heavy atom. The van der Waals surface area contributed by atoms with E-state index in [1.165, 1.54) is 19.2 Å². The fourth-order valence-corrected chi connectivity index (χ4v) is 4.52. The van der Waals surface area contributed by atoms with Crippen molar-refractivity contribution in [1.29, 1.82) is 0 Å². The number of carbonyl (C=O) groups excluding carboxylic acids is 1. The molecule has 2 aromatic carbocycles. The predicted octanol–water partition coefficient (Wildman–Crippen LogP) is 1.99. The Bertz CT molecular complexity index is 919. The maximum atomic E-state index is 12.7. The van der Waals surface area contributed by atoms with Crippen molar-refractivity contribution in [1.82, 2.24) is 9.62 Å². The average Bonchev–Trinajstić information content (AvgIpc) is 2.71. The number of amides is 1. The molecule has 1 amide bonds. The van der Waals surface area contributed by atoms with Crippen molar-refractivity contribution in [2.45, 2.75) is 9.79 Å². The van der Waals surface area contributed by atoms with Gasteiger partial charge in [-0.05, 0) is 24.3 Å². The zero-order valence-corrected chi connectivity index (χ0v) is 17.1. The summed E-state index contributed by atoms with van der Waals surface area (Å²) in [6, 6.07) is 14.3. The highest BCUT2D eigenvalue weighted by molar-refractivity contribution is 7.99. The van der Waals surface area contributed by atoms with E-state index in [1.807, 2.05) is 30.3 Å². The zero-order valence-electron chi connectivity index (χ0n) is 15.5. The van der Waals surface area contributed by atoms with E-state index in [2.05, 4.69) is 5.32 Å². The van der Waals surface area contributed by atoms with E-state index in [0.29, 0.717) is 37.0 Å². The van der Waals surface area contributed by atoms with Crippen LogP contribution in [0.2, 0.25) is 0 Å². The van der Waals surface area contributed by atoms with Gasteiger partial charge in [-0.25, -0.2) is 8.42 Å². The fraction of sp³-hybridized carbons (Fsp3) is 0.316. The molecule has 1 heterocycles. The number of carbonyl (C=O) groups is 1. The summed E-state index contributed by atoms with van der Waals surface area (Å²) in [4.78, 5) is 13.3. The molecule has 0 radical (unpaired) electrons. The van der Waals surface area contributed by atoms with Crippen LogP contribution in [0.3, 0.4) is 0 Å². The van der Waals surface area contributed by atoms with Gasteiger partial charge < -0.3 is 14.8 Å². The molecule has 1 aliphatic heterocycles. The lowest BCUT2D eigenvalue weighted by atomic mass is 10.3. The van der Waals surface area contributed by atoms with E-state index >= 15 is 0 Å². The van der Waals surface area contributed by atoms with Gasteiger partial charge in [0.1, 0.15) is 13.2 Å². The number of ether oxygens (including phenoxy) is 2. The van der Waals surface area contributed by atoms with Crippen LogP contribution in [0, 0.1) is 0 Å². The molecule has 0 fully saturated rings. The molecule has 0 saturated heterocycles. The minimum Gasteiger partial charge on any atom is -0.486 e. The Labute approximate surface area is 169 Å². The van der Waals surface area contributed by atoms with E-state index < -0.39 is 10.0 Å². The van der Waals surface area contributed by atoms with Crippen LogP contribution in [0.5, 0.6) is 11.5 Å². The van der Waals surface area contributed by atoms with Gasteiger partial charge in [0.2, 0.25) is 15.9 Å². The number of likely N-dealkylation sites (N-methyl/N-ethyl adjacent to an activating group) is 1. The van der Waals surface area contributed by atoms with Gasteiger partial charge in [0, 0.05) is 30.3 Å². The molecule has 2 aromatic rings. The molecule has 150 valence electrons. The van der Waals surface area contributed by atoms with Gasteiger partial charge in [0.15, 0.2) is 11.5 Å². The molecular formula is C19H22N2O5S2. The van der Waals surface area contributed by atoms with Crippen LogP contribution in [0.15, 0.2) is 58.3 Å². The van der Waals surface area contributed by atoms with Crippen molar-refractivity contribution >= 4 is 27.7 Å². The predicted molar refractivity (Wildman–Crippen MR) is 107 cm³/mol. The minimum atomic E-state index is -3.81. The lowest BCUT2D eigenvalue weighted by Gasteiger charge is -2.21. The third-order valence-electron chi connectivity index (χ3n) is 4.02. The van der Waals surface area contributed by atoms with Crippen molar-refractivity contribution < 1.29 is 22.7 Å². The molecule has 0 unspecified atom stereocenters. The van der Waals surface area contributed by atoms with Crippen LogP contribution < -0.4 is 14.8 Å². The molecule has 28 heavy (non-hydrogen) atoms. The first-order chi connectivity index (χ1) is 13.5. The number of fused-ring (bicyclic) bond motifs is 1. The highest BCUT2D eigenvalue weighted by Gasteiger charge is 2.25. The maximum Gasteiger partial charge on any atom is 0.243 e. The van der Waals surface area contributed by atoms with Gasteiger partial charge >= 0.3 is 0 Å². The summed E-state index contributed by atoms with van der Waals surface area (Å²) in [5.41, 5.74) is 0. The number of hydrogen-bond donors (Lipinski definition) is 1. The lowest BCUT2D eigenvalue weighted by Crippen LogP contribution is -2.39. The summed E-state index contributed by atoms with van der Waals surface area (Å²) in [6.07, 6.45) is 0. The molecule has 1 N–H and O–H groups in total. The SMILES string of the molecule is CN(CC(=O)NCCSc1ccccc1)S(=O)(=O)c1ccc2c(c1)OCCO2. The van der Waals surface area contributed by atoms with Gasteiger partial charge in [-0.2, -0.15) is 4.31 Å². The van der Waals surface area contributed by atoms with E-state index in [9.17, 15) is 13.2 Å². The smallest absolute Gasteiger partial charge is 0.243 e. The fourth-order valence-electron chi connectivity index (χ4n) is 2.58. The van der Waals surface area contributed by atoms with Crippen LogP contribution in [0.25, 0.3) is 0 Å². The van der Waals surface area contributed by atoms with Crippen LogP contribution >= 0.6 is 11.8 Å². The quantitative estimate of drug-likeness (QED) is 0.517. The lowest BCUT2D eigenvalue weighted by molar-refractivity contribution is -0.121. The molecule has 1 aliphatic rings. The van der Waals surface area contributed by atoms with E-state index in [0.717, 1.165) is 9.20 Å². The standard InChI is InChI=1S/C19H22N2O5S2/c1-21(14-19(22)20-9-12-27-15-5-3-2-4-6-15)28(23,24)16-7-8-17-18(13-16)26-11-10-25-17/h2-8,13H,9-12,14H2,1H3,(H,20,22). The van der Waals surface area contributed by atoms with Gasteiger partial charge in [0.25, 0.3) is 0 Å². The second kappa shape index (κ2) is 9.31. The van der Waals surface area contributed by atoms with Gasteiger partial charge in [0.05, 0.1) is 11.4 Å². The molecule has 0 aliphatic carbocycles. The molecule has 0 bridgehead atoms. The third-order valence-corrected chi connectivity index (χ3v) is 6.84. The van der Waals surface area contributed by atoms with Crippen LogP contribution in [0.1, 0.15) is 0 Å². The molecule has 7 nitrogen and oxygen atoms in total. The molecule has 0 spiro atoms. The van der Waals surface area contributed by atoms with Crippen LogP contribution in [0.4, 0.5) is 0 Å². The van der Waals surface area contributed by atoms with Crippen LogP contribution in [-0.4, -0.2) is 57.7 Å². The van der Waals surface area contributed by atoms with Crippen LogP contribution in [-0.2, 0) is 14.8 Å². The average molecular weight is 423 g/mol. The van der Waals surface area contributed by atoms with E-state index in [4.69, 9.17) is 9.47 Å². The molecule has 0 aromatic heterocycles. The van der Waals surface area contributed by atoms with Crippen molar-refractivity contribution in [3.63, 3.8) is 0 Å². The second-order valence-electron chi connectivity index (χ2n) is 6.08. The van der Waals surface area contributed by atoms with Crippen molar-refractivity contribution in [2.24, 2.45) is 0 Å². The van der Waals surface area contributed by atoms with Gasteiger partial charge in [-0.15, -0.1) is 11.8 Å². The number of hydrogen-bond acceptors (Lipinski definition) is 6. The highest BCUT2D eigenvalue weighted by Crippen LogP contribution is 2.32. The van der Waals surface area contributed by atoms with Gasteiger partial charge in [-0.1, -0.05) is 18.2 Å². The molecule has 3 rings (SSSR count). The second-order valence-corrected chi connectivity index (χ2v) is 9.29. The normalized spacial score (nSPS) is 13.4. The number of nitrogens with zero attached hydrogens (tertiary/aromatic N) is 1. The van der Waals surface area contributed by atoms with Crippen molar-refractivity contribution in [3.05, 3.63) is 48.5 Å². The zero-order chi connectivity index (χ0) is 20.0.